The van der Waals surface area contributed by atoms with Crippen molar-refractivity contribution in [2.75, 3.05) is 7.11 Å². The predicted molar refractivity (Wildman–Crippen MR) is 102 cm³/mol. The van der Waals surface area contributed by atoms with Gasteiger partial charge in [-0.2, -0.15) is 5.10 Å². The van der Waals surface area contributed by atoms with Gasteiger partial charge in [0.25, 0.3) is 0 Å². The van der Waals surface area contributed by atoms with E-state index >= 15 is 0 Å². The van der Waals surface area contributed by atoms with E-state index in [1.807, 2.05) is 37.4 Å². The summed E-state index contributed by atoms with van der Waals surface area (Å²) in [6, 6.07) is 10.0. The first-order valence-corrected chi connectivity index (χ1v) is 7.84. The molecular weight excluding hydrogens is 338 g/mol. The number of halogens is 1. The lowest BCUT2D eigenvalue weighted by molar-refractivity contribution is 0.405. The van der Waals surface area contributed by atoms with E-state index in [2.05, 4.69) is 21.6 Å². The topological polar surface area (TPSA) is 96.4 Å². The zero-order valence-corrected chi connectivity index (χ0v) is 15.1. The highest BCUT2D eigenvalue weighted by atomic mass is 35.5. The lowest BCUT2D eigenvalue weighted by Gasteiger charge is -2.27. The van der Waals surface area contributed by atoms with Crippen LogP contribution in [0.15, 0.2) is 41.6 Å². The fourth-order valence-electron chi connectivity index (χ4n) is 3.26. The molecule has 2 aromatic rings. The molecule has 0 saturated heterocycles. The van der Waals surface area contributed by atoms with E-state index in [1.165, 1.54) is 0 Å². The van der Waals surface area contributed by atoms with Crippen molar-refractivity contribution >= 4 is 24.1 Å². The third kappa shape index (κ3) is 3.91. The number of hydrogen-bond acceptors (Lipinski definition) is 4. The minimum Gasteiger partial charge on any atom is -0.496 e. The Bertz CT molecular complexity index is 806. The normalized spacial score (nSPS) is 17.4. The Labute approximate surface area is 153 Å². The van der Waals surface area contributed by atoms with Crippen LogP contribution in [0.1, 0.15) is 34.7 Å². The molecule has 25 heavy (non-hydrogen) atoms. The maximum absolute atomic E-state index is 7.35. The Balaban J connectivity index is 0.00000225. The van der Waals surface area contributed by atoms with Crippen LogP contribution in [-0.2, 0) is 6.42 Å². The molecule has 7 heteroatoms. The van der Waals surface area contributed by atoms with E-state index in [0.29, 0.717) is 0 Å². The average molecular weight is 360 g/mol. The predicted octanol–water partition coefficient (Wildman–Crippen LogP) is 2.74. The van der Waals surface area contributed by atoms with Crippen molar-refractivity contribution in [2.24, 2.45) is 10.8 Å². The van der Waals surface area contributed by atoms with Gasteiger partial charge < -0.3 is 10.5 Å². The van der Waals surface area contributed by atoms with Crippen LogP contribution in [0.3, 0.4) is 0 Å². The van der Waals surface area contributed by atoms with Crippen LogP contribution in [0.5, 0.6) is 5.75 Å². The second-order valence-electron chi connectivity index (χ2n) is 5.88. The molecule has 1 aliphatic carbocycles. The molecule has 6 nitrogen and oxygen atoms in total. The van der Waals surface area contributed by atoms with E-state index in [1.54, 1.807) is 7.11 Å². The molecule has 1 atom stereocenters. The second-order valence-corrected chi connectivity index (χ2v) is 5.88. The van der Waals surface area contributed by atoms with Crippen molar-refractivity contribution in [3.8, 4) is 5.75 Å². The first-order valence-electron chi connectivity index (χ1n) is 7.84. The van der Waals surface area contributed by atoms with Crippen LogP contribution in [0.2, 0.25) is 0 Å². The number of pyridine rings is 1. The Hall–Kier alpha value is -2.60. The molecule has 0 fully saturated rings. The van der Waals surface area contributed by atoms with Crippen LogP contribution in [0.25, 0.3) is 0 Å². The largest absolute Gasteiger partial charge is 0.496 e. The summed E-state index contributed by atoms with van der Waals surface area (Å²) in [4.78, 5) is 4.55. The van der Waals surface area contributed by atoms with Gasteiger partial charge in [-0.1, -0.05) is 18.2 Å². The van der Waals surface area contributed by atoms with E-state index in [4.69, 9.17) is 15.9 Å². The molecule has 1 unspecified atom stereocenters. The monoisotopic (exact) mass is 359 g/mol. The molecule has 132 valence electrons. The molecule has 1 aromatic heterocycles. The molecule has 0 bridgehead atoms. The maximum atomic E-state index is 7.35. The quantitative estimate of drug-likeness (QED) is 0.446. The van der Waals surface area contributed by atoms with Gasteiger partial charge in [0.15, 0.2) is 0 Å². The smallest absolute Gasteiger partial charge is 0.206 e. The Kier molecular flexibility index (Phi) is 5.98. The Morgan fingerprint density at radius 1 is 1.32 bits per heavy atom. The van der Waals surface area contributed by atoms with Crippen molar-refractivity contribution in [3.05, 3.63) is 58.9 Å². The van der Waals surface area contributed by atoms with E-state index < -0.39 is 0 Å². The van der Waals surface area contributed by atoms with Crippen LogP contribution in [-0.4, -0.2) is 23.8 Å². The minimum absolute atomic E-state index is 0. The summed E-state index contributed by atoms with van der Waals surface area (Å²) >= 11 is 0. The van der Waals surface area contributed by atoms with Gasteiger partial charge in [-0.25, -0.2) is 5.43 Å². The van der Waals surface area contributed by atoms with Crippen molar-refractivity contribution < 1.29 is 4.74 Å². The van der Waals surface area contributed by atoms with Gasteiger partial charge in [-0.15, -0.1) is 12.4 Å². The van der Waals surface area contributed by atoms with Gasteiger partial charge in [0.1, 0.15) is 5.75 Å². The van der Waals surface area contributed by atoms with E-state index in [-0.39, 0.29) is 24.3 Å². The average Bonchev–Trinajstić information content (AvgIpc) is 2.59. The molecular formula is C18H22ClN5O. The summed E-state index contributed by atoms with van der Waals surface area (Å²) in [7, 11) is 1.68. The molecule has 1 heterocycles. The molecule has 0 spiro atoms. The molecule has 0 amide bonds. The number of guanidine groups is 1. The number of aryl methyl sites for hydroxylation is 1. The van der Waals surface area contributed by atoms with Crippen LogP contribution in [0.4, 0.5) is 0 Å². The molecule has 0 saturated carbocycles. The molecule has 3 rings (SSSR count). The summed E-state index contributed by atoms with van der Waals surface area (Å²) in [5, 5.41) is 11.7. The number of nitrogens with one attached hydrogen (secondary N) is 2. The fraction of sp³-hybridized carbons (Fsp3) is 0.278. The number of methoxy groups -OCH3 is 1. The van der Waals surface area contributed by atoms with E-state index in [9.17, 15) is 0 Å². The van der Waals surface area contributed by atoms with E-state index in [0.717, 1.165) is 46.7 Å². The summed E-state index contributed by atoms with van der Waals surface area (Å²) in [6.45, 7) is 2.05. The number of aromatic nitrogens is 1. The zero-order valence-electron chi connectivity index (χ0n) is 14.2. The number of hydrazone groups is 1. The molecule has 0 aliphatic heterocycles. The third-order valence-corrected chi connectivity index (χ3v) is 4.30. The zero-order chi connectivity index (χ0) is 17.1. The van der Waals surface area contributed by atoms with Gasteiger partial charge in [0, 0.05) is 11.8 Å². The van der Waals surface area contributed by atoms with Crippen LogP contribution >= 0.6 is 12.4 Å². The highest BCUT2D eigenvalue weighted by Gasteiger charge is 2.28. The third-order valence-electron chi connectivity index (χ3n) is 4.30. The molecule has 1 aliphatic rings. The SMILES string of the molecule is COc1ccccc1C1C/C(=N/NC(=N)N)c2c(C)ccnc2C1.Cl. The number of para-hydroxylation sites is 1. The summed E-state index contributed by atoms with van der Waals surface area (Å²) < 4.78 is 5.51. The Morgan fingerprint density at radius 2 is 2.08 bits per heavy atom. The minimum atomic E-state index is -0.176. The van der Waals surface area contributed by atoms with Gasteiger partial charge in [-0.3, -0.25) is 10.4 Å². The number of hydrogen-bond donors (Lipinski definition) is 3. The van der Waals surface area contributed by atoms with Gasteiger partial charge in [0.2, 0.25) is 5.96 Å². The number of benzene rings is 1. The van der Waals surface area contributed by atoms with Crippen LogP contribution in [0, 0.1) is 12.3 Å². The summed E-state index contributed by atoms with van der Waals surface area (Å²) in [5.74, 6) is 0.915. The summed E-state index contributed by atoms with van der Waals surface area (Å²) in [5.41, 5.74) is 13.2. The molecule has 4 N–H and O–H groups in total. The van der Waals surface area contributed by atoms with Gasteiger partial charge in [-0.05, 0) is 48.9 Å². The van der Waals surface area contributed by atoms with Crippen LogP contribution < -0.4 is 15.9 Å². The number of ether oxygens (including phenoxy) is 1. The number of nitrogens with two attached hydrogens (primary N) is 1. The fourth-order valence-corrected chi connectivity index (χ4v) is 3.26. The highest BCUT2D eigenvalue weighted by molar-refractivity contribution is 6.04. The standard InChI is InChI=1S/C18H21N5O.ClH/c1-11-7-8-21-14-9-12(13-5-3-4-6-16(13)24-2)10-15(17(11)14)22-23-18(19)20;/h3-8,12H,9-10H2,1-2H3,(H4,19,20,23);1H/b22-15-;. The number of nitrogens with zero attached hydrogens (tertiary/aromatic N) is 2. The van der Waals surface area contributed by atoms with Gasteiger partial charge >= 0.3 is 0 Å². The molecule has 0 radical (unpaired) electrons. The second kappa shape index (κ2) is 7.98. The highest BCUT2D eigenvalue weighted by Crippen LogP contribution is 2.37. The molecule has 1 aromatic carbocycles. The van der Waals surface area contributed by atoms with Crippen molar-refractivity contribution in [3.63, 3.8) is 0 Å². The first kappa shape index (κ1) is 18.7. The number of rotatable bonds is 3. The van der Waals surface area contributed by atoms with Crippen molar-refractivity contribution in [1.82, 2.24) is 10.4 Å². The van der Waals surface area contributed by atoms with Crippen molar-refractivity contribution in [1.29, 1.82) is 5.41 Å². The number of fused-ring (bicyclic) bond motifs is 1. The maximum Gasteiger partial charge on any atom is 0.206 e. The van der Waals surface area contributed by atoms with Crippen molar-refractivity contribution in [2.45, 2.75) is 25.7 Å². The lowest BCUT2D eigenvalue weighted by atomic mass is 9.79. The van der Waals surface area contributed by atoms with Gasteiger partial charge in [0.05, 0.1) is 18.5 Å². The first-order chi connectivity index (χ1) is 11.6. The lowest BCUT2D eigenvalue weighted by Crippen LogP contribution is -2.29. The summed E-state index contributed by atoms with van der Waals surface area (Å²) in [6.07, 6.45) is 3.39. The Morgan fingerprint density at radius 3 is 2.80 bits per heavy atom.